The van der Waals surface area contributed by atoms with Crippen molar-refractivity contribution < 1.29 is 9.53 Å². The first-order valence-electron chi connectivity index (χ1n) is 8.36. The number of aromatic nitrogens is 1. The van der Waals surface area contributed by atoms with E-state index in [-0.39, 0.29) is 11.5 Å². The Kier molecular flexibility index (Phi) is 5.31. The summed E-state index contributed by atoms with van der Waals surface area (Å²) in [5, 5.41) is 0. The largest absolute Gasteiger partial charge is 0.493 e. The second kappa shape index (κ2) is 7.81. The molecule has 2 aromatic rings. The van der Waals surface area contributed by atoms with Crippen molar-refractivity contribution in [1.29, 1.82) is 0 Å². The number of H-pyrrole nitrogens is 1. The number of benzene rings is 1. The minimum atomic E-state index is -0.0657. The third-order valence-corrected chi connectivity index (χ3v) is 4.45. The molecule has 1 aliphatic heterocycles. The molecule has 1 aromatic carbocycles. The minimum absolute atomic E-state index is 0.0657. The average molecular weight is 326 g/mol. The molecule has 0 aliphatic carbocycles. The maximum absolute atomic E-state index is 12.3. The van der Waals surface area contributed by atoms with Gasteiger partial charge in [0.05, 0.1) is 13.0 Å². The molecule has 0 unspecified atom stereocenters. The van der Waals surface area contributed by atoms with E-state index in [1.807, 2.05) is 41.3 Å². The van der Waals surface area contributed by atoms with Crippen molar-refractivity contribution in [3.63, 3.8) is 0 Å². The minimum Gasteiger partial charge on any atom is -0.493 e. The van der Waals surface area contributed by atoms with E-state index in [4.69, 9.17) is 4.74 Å². The molecule has 126 valence electrons. The quantitative estimate of drug-likeness (QED) is 0.918. The van der Waals surface area contributed by atoms with Crippen molar-refractivity contribution >= 4 is 5.91 Å². The number of para-hydroxylation sites is 1. The number of hydrogen-bond acceptors (Lipinski definition) is 3. The summed E-state index contributed by atoms with van der Waals surface area (Å²) in [7, 11) is 0. The number of aromatic amines is 1. The molecule has 3 rings (SSSR count). The van der Waals surface area contributed by atoms with Crippen LogP contribution in [-0.4, -0.2) is 35.5 Å². The molecule has 1 amide bonds. The fourth-order valence-electron chi connectivity index (χ4n) is 3.11. The molecule has 0 bridgehead atoms. The number of hydrogen-bond donors (Lipinski definition) is 1. The number of nitrogens with zero attached hydrogens (tertiary/aromatic N) is 1. The van der Waals surface area contributed by atoms with Crippen LogP contribution in [0.15, 0.2) is 53.5 Å². The SMILES string of the molecule is O=C(CCOc1ccccc1)N1CCC(c2cc[nH]c(=O)c2)CC1. The molecule has 1 aromatic heterocycles. The molecule has 2 heterocycles. The predicted molar refractivity (Wildman–Crippen MR) is 92.2 cm³/mol. The molecule has 0 atom stereocenters. The van der Waals surface area contributed by atoms with Crippen LogP contribution in [0, 0.1) is 0 Å². The molecule has 1 N–H and O–H groups in total. The van der Waals surface area contributed by atoms with Crippen LogP contribution in [0.3, 0.4) is 0 Å². The van der Waals surface area contributed by atoms with E-state index in [0.29, 0.717) is 18.9 Å². The van der Waals surface area contributed by atoms with Crippen LogP contribution >= 0.6 is 0 Å². The van der Waals surface area contributed by atoms with Crippen molar-refractivity contribution in [1.82, 2.24) is 9.88 Å². The lowest BCUT2D eigenvalue weighted by Crippen LogP contribution is -2.38. The second-order valence-electron chi connectivity index (χ2n) is 6.05. The first kappa shape index (κ1) is 16.3. The van der Waals surface area contributed by atoms with Crippen molar-refractivity contribution in [3.8, 4) is 5.75 Å². The highest BCUT2D eigenvalue weighted by atomic mass is 16.5. The summed E-state index contributed by atoms with van der Waals surface area (Å²) in [6.45, 7) is 1.88. The van der Waals surface area contributed by atoms with Gasteiger partial charge in [0.25, 0.3) is 0 Å². The monoisotopic (exact) mass is 326 g/mol. The van der Waals surface area contributed by atoms with E-state index < -0.39 is 0 Å². The summed E-state index contributed by atoms with van der Waals surface area (Å²) in [4.78, 5) is 28.2. The lowest BCUT2D eigenvalue weighted by molar-refractivity contribution is -0.132. The van der Waals surface area contributed by atoms with E-state index >= 15 is 0 Å². The van der Waals surface area contributed by atoms with Gasteiger partial charge >= 0.3 is 0 Å². The summed E-state index contributed by atoms with van der Waals surface area (Å²) < 4.78 is 5.59. The fraction of sp³-hybridized carbons (Fsp3) is 0.368. The Labute approximate surface area is 141 Å². The van der Waals surface area contributed by atoms with Gasteiger partial charge in [-0.1, -0.05) is 18.2 Å². The Bertz CT molecular complexity index is 719. The smallest absolute Gasteiger partial charge is 0.248 e. The summed E-state index contributed by atoms with van der Waals surface area (Å²) >= 11 is 0. The van der Waals surface area contributed by atoms with Crippen LogP contribution in [0.1, 0.15) is 30.7 Å². The molecule has 1 fully saturated rings. The topological polar surface area (TPSA) is 62.4 Å². The van der Waals surface area contributed by atoms with E-state index in [9.17, 15) is 9.59 Å². The number of nitrogens with one attached hydrogen (secondary N) is 1. The number of rotatable bonds is 5. The number of amides is 1. The van der Waals surface area contributed by atoms with E-state index in [0.717, 1.165) is 37.2 Å². The highest BCUT2D eigenvalue weighted by molar-refractivity contribution is 5.76. The lowest BCUT2D eigenvalue weighted by atomic mass is 9.90. The van der Waals surface area contributed by atoms with Gasteiger partial charge in [0.15, 0.2) is 0 Å². The standard InChI is InChI=1S/C19H22N2O3/c22-18-14-16(6-10-20-18)15-7-11-21(12-8-15)19(23)9-13-24-17-4-2-1-3-5-17/h1-6,10,14-15H,7-9,11-13H2,(H,20,22). The van der Waals surface area contributed by atoms with Gasteiger partial charge in [-0.3, -0.25) is 9.59 Å². The Balaban J connectivity index is 1.44. The number of pyridine rings is 1. The Morgan fingerprint density at radius 2 is 1.92 bits per heavy atom. The molecule has 0 spiro atoms. The zero-order valence-electron chi connectivity index (χ0n) is 13.6. The fourth-order valence-corrected chi connectivity index (χ4v) is 3.11. The zero-order chi connectivity index (χ0) is 16.8. The first-order chi connectivity index (χ1) is 11.7. The first-order valence-corrected chi connectivity index (χ1v) is 8.36. The van der Waals surface area contributed by atoms with E-state index in [1.165, 1.54) is 0 Å². The maximum Gasteiger partial charge on any atom is 0.248 e. The van der Waals surface area contributed by atoms with Gasteiger partial charge in [0, 0.05) is 25.4 Å². The van der Waals surface area contributed by atoms with Crippen LogP contribution < -0.4 is 10.3 Å². The summed E-state index contributed by atoms with van der Waals surface area (Å²) in [6.07, 6.45) is 3.88. The van der Waals surface area contributed by atoms with Crippen molar-refractivity contribution in [3.05, 3.63) is 64.6 Å². The van der Waals surface area contributed by atoms with Gasteiger partial charge in [-0.2, -0.15) is 0 Å². The molecule has 0 radical (unpaired) electrons. The average Bonchev–Trinajstić information content (AvgIpc) is 2.63. The van der Waals surface area contributed by atoms with Gasteiger partial charge in [-0.15, -0.1) is 0 Å². The zero-order valence-corrected chi connectivity index (χ0v) is 13.6. The Morgan fingerprint density at radius 3 is 2.62 bits per heavy atom. The molecule has 5 heteroatoms. The van der Waals surface area contributed by atoms with E-state index in [2.05, 4.69) is 4.98 Å². The predicted octanol–water partition coefficient (Wildman–Crippen LogP) is 2.55. The second-order valence-corrected chi connectivity index (χ2v) is 6.05. The number of ether oxygens (including phenoxy) is 1. The molecule has 1 saturated heterocycles. The molecular weight excluding hydrogens is 304 g/mol. The van der Waals surface area contributed by atoms with Crippen molar-refractivity contribution in [2.75, 3.05) is 19.7 Å². The summed E-state index contributed by atoms with van der Waals surface area (Å²) in [5.74, 6) is 1.28. The lowest BCUT2D eigenvalue weighted by Gasteiger charge is -2.32. The van der Waals surface area contributed by atoms with Gasteiger partial charge in [-0.25, -0.2) is 0 Å². The Hall–Kier alpha value is -2.56. The van der Waals surface area contributed by atoms with Crippen LogP contribution in [0.2, 0.25) is 0 Å². The summed E-state index contributed by atoms with van der Waals surface area (Å²) in [5.41, 5.74) is 1.00. The van der Waals surface area contributed by atoms with Crippen molar-refractivity contribution in [2.45, 2.75) is 25.2 Å². The van der Waals surface area contributed by atoms with Crippen LogP contribution in [0.5, 0.6) is 5.75 Å². The normalized spacial score (nSPS) is 15.2. The molecular formula is C19H22N2O3. The van der Waals surface area contributed by atoms with Gasteiger partial charge in [0.1, 0.15) is 5.75 Å². The van der Waals surface area contributed by atoms with E-state index in [1.54, 1.807) is 12.3 Å². The number of piperidine rings is 1. The van der Waals surface area contributed by atoms with Gasteiger partial charge in [-0.05, 0) is 42.5 Å². The highest BCUT2D eigenvalue weighted by Crippen LogP contribution is 2.27. The molecule has 1 aliphatic rings. The van der Waals surface area contributed by atoms with Crippen LogP contribution in [0.4, 0.5) is 0 Å². The highest BCUT2D eigenvalue weighted by Gasteiger charge is 2.23. The molecule has 0 saturated carbocycles. The third-order valence-electron chi connectivity index (χ3n) is 4.45. The van der Waals surface area contributed by atoms with Crippen molar-refractivity contribution in [2.24, 2.45) is 0 Å². The molecule has 5 nitrogen and oxygen atoms in total. The number of likely N-dealkylation sites (tertiary alicyclic amines) is 1. The molecule has 24 heavy (non-hydrogen) atoms. The maximum atomic E-state index is 12.3. The Morgan fingerprint density at radius 1 is 1.17 bits per heavy atom. The number of carbonyl (C=O) groups is 1. The van der Waals surface area contributed by atoms with Gasteiger partial charge < -0.3 is 14.6 Å². The van der Waals surface area contributed by atoms with Gasteiger partial charge in [0.2, 0.25) is 11.5 Å². The summed E-state index contributed by atoms with van der Waals surface area (Å²) in [6, 6.07) is 13.2. The van der Waals surface area contributed by atoms with Crippen LogP contribution in [-0.2, 0) is 4.79 Å². The number of carbonyl (C=O) groups excluding carboxylic acids is 1. The van der Waals surface area contributed by atoms with Crippen LogP contribution in [0.25, 0.3) is 0 Å². The third kappa shape index (κ3) is 4.25.